The molecule has 238 valence electrons. The van der Waals surface area contributed by atoms with E-state index >= 15 is 4.39 Å². The summed E-state index contributed by atoms with van der Waals surface area (Å²) in [5.74, 6) is -0.264. The molecule has 9 aromatic carbocycles. The van der Waals surface area contributed by atoms with Gasteiger partial charge in [-0.25, -0.2) is 4.39 Å². The Morgan fingerprint density at radius 3 is 1.55 bits per heavy atom. The van der Waals surface area contributed by atoms with Gasteiger partial charge in [0.2, 0.25) is 0 Å². The van der Waals surface area contributed by atoms with Crippen LogP contribution in [0.5, 0.6) is 0 Å². The van der Waals surface area contributed by atoms with E-state index in [2.05, 4.69) is 144 Å². The zero-order valence-electron chi connectivity index (χ0n) is 27.6. The number of fused-ring (bicyclic) bond motifs is 17. The maximum absolute atomic E-state index is 15.1. The summed E-state index contributed by atoms with van der Waals surface area (Å²) in [5, 5.41) is 7.32. The minimum atomic E-state index is -0.559. The molecule has 0 saturated carbocycles. The van der Waals surface area contributed by atoms with E-state index in [9.17, 15) is 0 Å². The third kappa shape index (κ3) is 3.69. The highest BCUT2D eigenvalue weighted by Gasteiger charge is 2.54. The summed E-state index contributed by atoms with van der Waals surface area (Å²) in [4.78, 5) is 2.22. The predicted octanol–water partition coefficient (Wildman–Crippen LogP) is 13.1. The van der Waals surface area contributed by atoms with Crippen molar-refractivity contribution >= 4 is 49.4 Å². The van der Waals surface area contributed by atoms with Gasteiger partial charge < -0.3 is 4.90 Å². The number of benzene rings is 9. The average Bonchev–Trinajstić information content (AvgIpc) is 3.66. The molecule has 0 N–H and O–H groups in total. The van der Waals surface area contributed by atoms with Crippen molar-refractivity contribution in [2.45, 2.75) is 5.41 Å². The molecule has 11 rings (SSSR count). The van der Waals surface area contributed by atoms with Gasteiger partial charge >= 0.3 is 0 Å². The fourth-order valence-electron chi connectivity index (χ4n) is 9.47. The summed E-state index contributed by atoms with van der Waals surface area (Å²) in [6.07, 6.45) is 0. The first-order chi connectivity index (χ1) is 25.2. The molecule has 0 aromatic heterocycles. The van der Waals surface area contributed by atoms with Crippen LogP contribution in [-0.2, 0) is 5.41 Å². The minimum absolute atomic E-state index is 0.264. The summed E-state index contributed by atoms with van der Waals surface area (Å²) in [6.45, 7) is 0. The fraction of sp³-hybridized carbons (Fsp3) is 0.0204. The van der Waals surface area contributed by atoms with Crippen molar-refractivity contribution in [3.63, 3.8) is 0 Å². The summed E-state index contributed by atoms with van der Waals surface area (Å²) < 4.78 is 15.1. The second kappa shape index (κ2) is 10.5. The molecule has 0 heterocycles. The van der Waals surface area contributed by atoms with Crippen LogP contribution in [0.1, 0.15) is 22.3 Å². The van der Waals surface area contributed by atoms with E-state index in [-0.39, 0.29) is 5.82 Å². The van der Waals surface area contributed by atoms with Crippen LogP contribution in [0.15, 0.2) is 182 Å². The number of nitrogens with zero attached hydrogens (tertiary/aromatic N) is 1. The van der Waals surface area contributed by atoms with Gasteiger partial charge in [0, 0.05) is 16.8 Å². The molecule has 1 spiro atoms. The van der Waals surface area contributed by atoms with Crippen LogP contribution < -0.4 is 4.90 Å². The summed E-state index contributed by atoms with van der Waals surface area (Å²) >= 11 is 0. The van der Waals surface area contributed by atoms with Crippen molar-refractivity contribution in [3.05, 3.63) is 210 Å². The first-order valence-electron chi connectivity index (χ1n) is 17.6. The van der Waals surface area contributed by atoms with E-state index < -0.39 is 5.41 Å². The molecule has 2 aliphatic carbocycles. The minimum Gasteiger partial charge on any atom is -0.310 e. The molecule has 2 aliphatic rings. The lowest BCUT2D eigenvalue weighted by molar-refractivity contribution is 0.628. The van der Waals surface area contributed by atoms with Gasteiger partial charge in [0.05, 0.1) is 11.1 Å². The van der Waals surface area contributed by atoms with E-state index in [0.29, 0.717) is 0 Å². The molecule has 0 fully saturated rings. The number of hydrogen-bond acceptors (Lipinski definition) is 1. The SMILES string of the molecule is Fc1cccc(N(c2ccccc2)c2cc3c(c4ccccc24)C2(c4ccccc4-c4ccccc42)c2c-3c3ccccc3c3ccccc23)c1. The van der Waals surface area contributed by atoms with Gasteiger partial charge in [0.1, 0.15) is 5.82 Å². The lowest BCUT2D eigenvalue weighted by atomic mass is 9.68. The molecule has 51 heavy (non-hydrogen) atoms. The largest absolute Gasteiger partial charge is 0.310 e. The molecule has 2 heteroatoms. The molecule has 0 aliphatic heterocycles. The Morgan fingerprint density at radius 1 is 0.373 bits per heavy atom. The Hall–Kier alpha value is -6.51. The molecular formula is C49H30FN. The average molecular weight is 652 g/mol. The van der Waals surface area contributed by atoms with Gasteiger partial charge in [-0.2, -0.15) is 0 Å². The first-order valence-corrected chi connectivity index (χ1v) is 17.6. The first kappa shape index (κ1) is 28.3. The Morgan fingerprint density at radius 2 is 0.882 bits per heavy atom. The van der Waals surface area contributed by atoms with Crippen molar-refractivity contribution < 1.29 is 4.39 Å². The predicted molar refractivity (Wildman–Crippen MR) is 210 cm³/mol. The van der Waals surface area contributed by atoms with Crippen molar-refractivity contribution in [3.8, 4) is 22.3 Å². The Bertz CT molecular complexity index is 2840. The third-order valence-electron chi connectivity index (χ3n) is 11.2. The van der Waals surface area contributed by atoms with E-state index in [1.807, 2.05) is 24.3 Å². The van der Waals surface area contributed by atoms with Crippen LogP contribution in [0, 0.1) is 5.82 Å². The summed E-state index contributed by atoms with van der Waals surface area (Å²) in [6, 6.07) is 64.4. The van der Waals surface area contributed by atoms with Gasteiger partial charge in [-0.15, -0.1) is 0 Å². The van der Waals surface area contributed by atoms with Crippen LogP contribution in [-0.4, -0.2) is 0 Å². The van der Waals surface area contributed by atoms with Gasteiger partial charge in [-0.05, 0) is 108 Å². The highest BCUT2D eigenvalue weighted by molar-refractivity contribution is 6.22. The molecule has 0 bridgehead atoms. The smallest absolute Gasteiger partial charge is 0.125 e. The zero-order valence-corrected chi connectivity index (χ0v) is 27.6. The summed E-state index contributed by atoms with van der Waals surface area (Å²) in [5.41, 5.74) is 12.5. The molecule has 0 atom stereocenters. The van der Waals surface area contributed by atoms with Crippen molar-refractivity contribution in [2.75, 3.05) is 4.90 Å². The number of para-hydroxylation sites is 1. The van der Waals surface area contributed by atoms with Crippen LogP contribution in [0.3, 0.4) is 0 Å². The standard InChI is InChI=1S/C49H30FN/c50-31-15-14-18-33(29-31)51(32-16-2-1-3-17-32)45-30-42-46-39-24-7-4-19-34(39)35-20-5-8-25-40(35)48(46)49(47(42)41-26-9-6-23-38(41)45)43-27-12-10-21-36(43)37-22-11-13-28-44(37)49/h1-30H. The Kier molecular flexibility index (Phi) is 5.83. The molecule has 0 saturated heterocycles. The zero-order chi connectivity index (χ0) is 33.7. The molecule has 0 unspecified atom stereocenters. The second-order valence-corrected chi connectivity index (χ2v) is 13.7. The molecule has 0 radical (unpaired) electrons. The van der Waals surface area contributed by atoms with Crippen molar-refractivity contribution in [1.82, 2.24) is 0 Å². The Balaban J connectivity index is 1.39. The second-order valence-electron chi connectivity index (χ2n) is 13.7. The normalized spacial score (nSPS) is 13.4. The van der Waals surface area contributed by atoms with Gasteiger partial charge in [-0.1, -0.05) is 146 Å². The van der Waals surface area contributed by atoms with Crippen molar-refractivity contribution in [2.24, 2.45) is 0 Å². The highest BCUT2D eigenvalue weighted by Crippen LogP contribution is 2.67. The van der Waals surface area contributed by atoms with Gasteiger partial charge in [0.25, 0.3) is 0 Å². The van der Waals surface area contributed by atoms with Gasteiger partial charge in [0.15, 0.2) is 0 Å². The molecular weight excluding hydrogens is 622 g/mol. The quantitative estimate of drug-likeness (QED) is 0.172. The Labute approximate surface area is 295 Å². The van der Waals surface area contributed by atoms with E-state index in [1.54, 1.807) is 12.1 Å². The summed E-state index contributed by atoms with van der Waals surface area (Å²) in [7, 11) is 0. The lowest BCUT2D eigenvalue weighted by Gasteiger charge is -2.33. The number of rotatable bonds is 3. The van der Waals surface area contributed by atoms with Crippen LogP contribution in [0.4, 0.5) is 21.5 Å². The number of halogens is 1. The van der Waals surface area contributed by atoms with Crippen LogP contribution in [0.2, 0.25) is 0 Å². The maximum atomic E-state index is 15.1. The lowest BCUT2D eigenvalue weighted by Crippen LogP contribution is -2.26. The third-order valence-corrected chi connectivity index (χ3v) is 11.2. The molecule has 1 nitrogen and oxygen atoms in total. The topological polar surface area (TPSA) is 3.24 Å². The fourth-order valence-corrected chi connectivity index (χ4v) is 9.47. The molecule has 9 aromatic rings. The number of anilines is 3. The van der Waals surface area contributed by atoms with Crippen LogP contribution >= 0.6 is 0 Å². The van der Waals surface area contributed by atoms with Gasteiger partial charge in [-0.3, -0.25) is 0 Å². The molecule has 0 amide bonds. The number of hydrogen-bond donors (Lipinski definition) is 0. The van der Waals surface area contributed by atoms with E-state index in [4.69, 9.17) is 0 Å². The van der Waals surface area contributed by atoms with Crippen molar-refractivity contribution in [1.29, 1.82) is 0 Å². The van der Waals surface area contributed by atoms with E-state index in [1.165, 1.54) is 77.5 Å². The highest BCUT2D eigenvalue weighted by atomic mass is 19.1. The van der Waals surface area contributed by atoms with E-state index in [0.717, 1.165) is 22.4 Å². The maximum Gasteiger partial charge on any atom is 0.125 e. The monoisotopic (exact) mass is 651 g/mol. The van der Waals surface area contributed by atoms with Crippen LogP contribution in [0.25, 0.3) is 54.6 Å².